The monoisotopic (exact) mass is 530 g/mol. The third-order valence-corrected chi connectivity index (χ3v) is 7.07. The molecule has 0 aliphatic carbocycles. The van der Waals surface area contributed by atoms with E-state index in [-0.39, 0.29) is 31.5 Å². The quantitative estimate of drug-likeness (QED) is 0.304. The van der Waals surface area contributed by atoms with Crippen LogP contribution in [-0.2, 0) is 27.4 Å². The van der Waals surface area contributed by atoms with Gasteiger partial charge in [0, 0.05) is 31.1 Å². The number of carbonyl (C=O) groups is 1. The predicted molar refractivity (Wildman–Crippen MR) is 151 cm³/mol. The van der Waals surface area contributed by atoms with Gasteiger partial charge in [0.1, 0.15) is 6.61 Å². The lowest BCUT2D eigenvalue weighted by Gasteiger charge is -2.39. The summed E-state index contributed by atoms with van der Waals surface area (Å²) >= 11 is 0. The van der Waals surface area contributed by atoms with Crippen molar-refractivity contribution in [3.05, 3.63) is 119 Å². The molecule has 0 radical (unpaired) electrons. The number of likely N-dealkylation sites (N-methyl/N-ethyl adjacent to an activating group) is 1. The van der Waals surface area contributed by atoms with E-state index in [1.807, 2.05) is 54.6 Å². The molecule has 2 N–H and O–H groups in total. The summed E-state index contributed by atoms with van der Waals surface area (Å²) in [5, 5.41) is 12.2. The first kappa shape index (κ1) is 28.5. The molecule has 7 heteroatoms. The van der Waals surface area contributed by atoms with Gasteiger partial charge < -0.3 is 24.6 Å². The number of amides is 1. The summed E-state index contributed by atoms with van der Waals surface area (Å²) in [6.07, 6.45) is 1.03. The van der Waals surface area contributed by atoms with Crippen molar-refractivity contribution < 1.29 is 24.1 Å². The molecule has 1 aliphatic heterocycles. The van der Waals surface area contributed by atoms with E-state index in [4.69, 9.17) is 14.2 Å². The van der Waals surface area contributed by atoms with Gasteiger partial charge in [0.2, 0.25) is 0 Å². The van der Waals surface area contributed by atoms with E-state index in [2.05, 4.69) is 55.0 Å². The average Bonchev–Trinajstić information content (AvgIpc) is 2.99. The molecule has 206 valence electrons. The highest BCUT2D eigenvalue weighted by molar-refractivity contribution is 5.67. The summed E-state index contributed by atoms with van der Waals surface area (Å²) in [6.45, 7) is 7.03. The molecule has 1 fully saturated rings. The first-order valence-corrected chi connectivity index (χ1v) is 13.3. The van der Waals surface area contributed by atoms with Crippen molar-refractivity contribution in [2.24, 2.45) is 0 Å². The number of alkyl carbamates (subject to hydrolysis) is 1. The second-order valence-electron chi connectivity index (χ2n) is 9.86. The number of benzene rings is 3. The van der Waals surface area contributed by atoms with Gasteiger partial charge in [-0.15, -0.1) is 0 Å². The topological polar surface area (TPSA) is 80.3 Å². The van der Waals surface area contributed by atoms with Gasteiger partial charge in [0.25, 0.3) is 0 Å². The van der Waals surface area contributed by atoms with Gasteiger partial charge in [0.15, 0.2) is 6.29 Å². The molecule has 0 unspecified atom stereocenters. The summed E-state index contributed by atoms with van der Waals surface area (Å²) in [7, 11) is 2.12. The fourth-order valence-corrected chi connectivity index (χ4v) is 4.65. The molecule has 0 spiro atoms. The first-order valence-electron chi connectivity index (χ1n) is 13.3. The third-order valence-electron chi connectivity index (χ3n) is 7.07. The van der Waals surface area contributed by atoms with Crippen LogP contribution in [0, 0.1) is 0 Å². The van der Waals surface area contributed by atoms with Crippen molar-refractivity contribution in [2.45, 2.75) is 51.0 Å². The molecule has 3 aromatic carbocycles. The van der Waals surface area contributed by atoms with Gasteiger partial charge in [-0.2, -0.15) is 0 Å². The Hall–Kier alpha value is -3.49. The lowest BCUT2D eigenvalue weighted by atomic mass is 9.99. The predicted octanol–water partition coefficient (Wildman–Crippen LogP) is 5.83. The zero-order valence-electron chi connectivity index (χ0n) is 22.7. The summed E-state index contributed by atoms with van der Waals surface area (Å²) in [5.41, 5.74) is 5.04. The Morgan fingerprint density at radius 3 is 2.38 bits per heavy atom. The summed E-state index contributed by atoms with van der Waals surface area (Å²) in [5.74, 6) is 0. The highest BCUT2D eigenvalue weighted by Gasteiger charge is 2.33. The van der Waals surface area contributed by atoms with E-state index in [0.717, 1.165) is 35.2 Å². The third kappa shape index (κ3) is 8.00. The minimum Gasteiger partial charge on any atom is -0.445 e. The van der Waals surface area contributed by atoms with E-state index >= 15 is 0 Å². The molecule has 1 aliphatic rings. The van der Waals surface area contributed by atoms with Crippen LogP contribution >= 0.6 is 0 Å². The second kappa shape index (κ2) is 14.1. The maximum absolute atomic E-state index is 11.7. The lowest BCUT2D eigenvalue weighted by molar-refractivity contribution is -0.253. The van der Waals surface area contributed by atoms with Gasteiger partial charge in [-0.05, 0) is 36.2 Å². The van der Waals surface area contributed by atoms with Gasteiger partial charge in [0.05, 0.1) is 18.8 Å². The number of nitrogens with zero attached hydrogens (tertiary/aromatic N) is 1. The highest BCUT2D eigenvalue weighted by Crippen LogP contribution is 2.38. The number of hydrogen-bond acceptors (Lipinski definition) is 6. The van der Waals surface area contributed by atoms with Gasteiger partial charge in [-0.25, -0.2) is 4.79 Å². The Bertz CT molecular complexity index is 1180. The van der Waals surface area contributed by atoms with E-state index in [0.29, 0.717) is 6.54 Å². The van der Waals surface area contributed by atoms with Crippen molar-refractivity contribution in [1.82, 2.24) is 10.2 Å². The number of aliphatic hydroxyl groups is 1. The van der Waals surface area contributed by atoms with Crippen molar-refractivity contribution in [3.8, 4) is 0 Å². The van der Waals surface area contributed by atoms with Crippen LogP contribution in [0.25, 0.3) is 0 Å². The number of hydrogen-bond donors (Lipinski definition) is 2. The number of carbonyl (C=O) groups excluding carboxylic acids is 1. The normalized spacial score (nSPS) is 19.8. The van der Waals surface area contributed by atoms with Crippen LogP contribution in [0.4, 0.5) is 4.79 Å². The van der Waals surface area contributed by atoms with Gasteiger partial charge >= 0.3 is 6.09 Å². The van der Waals surface area contributed by atoms with Crippen LogP contribution in [0.2, 0.25) is 0 Å². The van der Waals surface area contributed by atoms with Crippen molar-refractivity contribution in [3.63, 3.8) is 0 Å². The molecule has 1 saturated heterocycles. The highest BCUT2D eigenvalue weighted by atomic mass is 16.7. The summed E-state index contributed by atoms with van der Waals surface area (Å²) in [4.78, 5) is 14.0. The fourth-order valence-electron chi connectivity index (χ4n) is 4.65. The molecule has 1 heterocycles. The van der Waals surface area contributed by atoms with E-state index < -0.39 is 12.4 Å². The Labute approximate surface area is 231 Å². The SMILES string of the molecule is C=CCOC(=O)NCc1ccc([C@@H]2O[C@H](CN(C)[C@@H](C)c3ccccc3)C[C@H](c3ccc(CO)cc3)O2)cc1. The van der Waals surface area contributed by atoms with Crippen LogP contribution in [0.15, 0.2) is 91.5 Å². The molecular formula is C32H38N2O5. The van der Waals surface area contributed by atoms with Crippen molar-refractivity contribution in [2.75, 3.05) is 20.2 Å². The minimum atomic E-state index is -0.536. The van der Waals surface area contributed by atoms with Crippen LogP contribution in [-0.4, -0.2) is 42.4 Å². The van der Waals surface area contributed by atoms with Crippen LogP contribution in [0.5, 0.6) is 0 Å². The standard InChI is InChI=1S/C32H38N2O5/c1-4-18-37-32(36)33-20-24-10-16-28(17-11-24)31-38-29(21-34(3)23(2)26-8-6-5-7-9-26)19-30(39-31)27-14-12-25(22-35)13-15-27/h4-17,23,29-31,35H,1,18-22H2,2-3H3,(H,33,36)/t23-,29-,30+,31+/m0/s1. The van der Waals surface area contributed by atoms with Gasteiger partial charge in [-0.3, -0.25) is 4.90 Å². The van der Waals surface area contributed by atoms with E-state index in [9.17, 15) is 9.90 Å². The molecule has 4 atom stereocenters. The Morgan fingerprint density at radius 1 is 1.05 bits per heavy atom. The molecule has 3 aromatic rings. The summed E-state index contributed by atoms with van der Waals surface area (Å²) < 4.78 is 17.9. The molecule has 0 saturated carbocycles. The molecule has 1 amide bonds. The Morgan fingerprint density at radius 2 is 1.72 bits per heavy atom. The van der Waals surface area contributed by atoms with Crippen molar-refractivity contribution in [1.29, 1.82) is 0 Å². The fraction of sp³-hybridized carbons (Fsp3) is 0.344. The number of rotatable bonds is 11. The minimum absolute atomic E-state index is 0.00944. The van der Waals surface area contributed by atoms with E-state index in [1.165, 1.54) is 11.6 Å². The smallest absolute Gasteiger partial charge is 0.407 e. The van der Waals surface area contributed by atoms with E-state index in [1.54, 1.807) is 0 Å². The molecule has 0 aromatic heterocycles. The zero-order valence-corrected chi connectivity index (χ0v) is 22.7. The van der Waals surface area contributed by atoms with Crippen molar-refractivity contribution >= 4 is 6.09 Å². The average molecular weight is 531 g/mol. The second-order valence-corrected chi connectivity index (χ2v) is 9.86. The number of ether oxygens (including phenoxy) is 3. The zero-order chi connectivity index (χ0) is 27.6. The van der Waals surface area contributed by atoms with Crippen LogP contribution in [0.1, 0.15) is 59.6 Å². The van der Waals surface area contributed by atoms with Gasteiger partial charge in [-0.1, -0.05) is 91.5 Å². The largest absolute Gasteiger partial charge is 0.445 e. The Kier molecular flexibility index (Phi) is 10.3. The molecule has 7 nitrogen and oxygen atoms in total. The first-order chi connectivity index (χ1) is 19.0. The van der Waals surface area contributed by atoms with Crippen LogP contribution < -0.4 is 5.32 Å². The molecule has 4 rings (SSSR count). The lowest BCUT2D eigenvalue weighted by Crippen LogP contribution is -2.38. The maximum Gasteiger partial charge on any atom is 0.407 e. The molecule has 0 bridgehead atoms. The number of aliphatic hydroxyl groups excluding tert-OH is 1. The van der Waals surface area contributed by atoms with Crippen LogP contribution in [0.3, 0.4) is 0 Å². The molecular weight excluding hydrogens is 492 g/mol. The maximum atomic E-state index is 11.7. The molecule has 39 heavy (non-hydrogen) atoms. The Balaban J connectivity index is 1.47. The number of nitrogens with one attached hydrogen (secondary N) is 1. The summed E-state index contributed by atoms with van der Waals surface area (Å²) in [6, 6.07) is 26.5.